The van der Waals surface area contributed by atoms with Crippen molar-refractivity contribution in [2.45, 2.75) is 27.0 Å². The van der Waals surface area contributed by atoms with E-state index in [4.69, 9.17) is 0 Å². The maximum absolute atomic E-state index is 12.4. The second-order valence-electron chi connectivity index (χ2n) is 4.59. The molecule has 1 aromatic rings. The Morgan fingerprint density at radius 2 is 1.88 bits per heavy atom. The molecule has 0 aromatic heterocycles. The number of hydrogen-bond acceptors (Lipinski definition) is 3. The zero-order valence-electron chi connectivity index (χ0n) is 13.6. The number of halogens is 3. The number of nitrogens with one attached hydrogen (secondary N) is 3. The highest BCUT2D eigenvalue weighted by Crippen LogP contribution is 2.20. The number of carbonyl (C=O) groups excluding carboxylic acids is 1. The van der Waals surface area contributed by atoms with E-state index in [1.165, 1.54) is 13.0 Å². The van der Waals surface area contributed by atoms with E-state index in [-0.39, 0.29) is 42.2 Å². The molecule has 0 bridgehead atoms. The number of nitrogens with zero attached hydrogens (tertiary/aromatic N) is 1. The van der Waals surface area contributed by atoms with Gasteiger partial charge < -0.3 is 20.7 Å². The number of hydrogen-bond donors (Lipinski definition) is 3. The molecule has 1 aromatic carbocycles. The lowest BCUT2D eigenvalue weighted by atomic mass is 10.2. The Hall–Kier alpha value is -1.65. The van der Waals surface area contributed by atoms with Crippen molar-refractivity contribution in [3.05, 3.63) is 29.8 Å². The van der Waals surface area contributed by atoms with Crippen LogP contribution in [0.3, 0.4) is 0 Å². The average Bonchev–Trinajstić information content (AvgIpc) is 2.49. The number of aliphatic imine (C=N–C) groups is 1. The van der Waals surface area contributed by atoms with Crippen molar-refractivity contribution in [3.8, 4) is 5.75 Å². The van der Waals surface area contributed by atoms with E-state index in [1.807, 2.05) is 6.92 Å². The summed E-state index contributed by atoms with van der Waals surface area (Å²) in [6.07, 6.45) is 0. The number of benzene rings is 1. The minimum Gasteiger partial charge on any atom is -0.434 e. The summed E-state index contributed by atoms with van der Waals surface area (Å²) in [7, 11) is 0. The van der Waals surface area contributed by atoms with Crippen LogP contribution >= 0.6 is 24.0 Å². The average molecular weight is 456 g/mol. The normalized spacial score (nSPS) is 10.8. The van der Waals surface area contributed by atoms with Gasteiger partial charge in [-0.2, -0.15) is 8.78 Å². The van der Waals surface area contributed by atoms with Gasteiger partial charge in [-0.3, -0.25) is 4.79 Å². The van der Waals surface area contributed by atoms with E-state index < -0.39 is 6.61 Å². The van der Waals surface area contributed by atoms with Gasteiger partial charge in [0.1, 0.15) is 5.75 Å². The molecule has 0 aliphatic rings. The molecule has 6 nitrogen and oxygen atoms in total. The monoisotopic (exact) mass is 456 g/mol. The fraction of sp³-hybridized carbons (Fsp3) is 0.467. The molecule has 1 amide bonds. The summed E-state index contributed by atoms with van der Waals surface area (Å²) in [5, 5.41) is 8.74. The SMILES string of the molecule is CCNC(=NCc1ccccc1OC(F)F)NCCNC(C)=O.I. The molecule has 136 valence electrons. The molecule has 0 aliphatic heterocycles. The van der Waals surface area contributed by atoms with E-state index in [1.54, 1.807) is 18.2 Å². The van der Waals surface area contributed by atoms with Gasteiger partial charge in [0, 0.05) is 32.1 Å². The summed E-state index contributed by atoms with van der Waals surface area (Å²) in [6.45, 7) is 2.30. The van der Waals surface area contributed by atoms with Crippen molar-refractivity contribution >= 4 is 35.8 Å². The zero-order chi connectivity index (χ0) is 17.1. The number of carbonyl (C=O) groups is 1. The van der Waals surface area contributed by atoms with Crippen molar-refractivity contribution < 1.29 is 18.3 Å². The van der Waals surface area contributed by atoms with Crippen molar-refractivity contribution in [1.29, 1.82) is 0 Å². The number of para-hydroxylation sites is 1. The molecule has 0 unspecified atom stereocenters. The Kier molecular flexibility index (Phi) is 11.9. The summed E-state index contributed by atoms with van der Waals surface area (Å²) in [5.41, 5.74) is 0.562. The highest BCUT2D eigenvalue weighted by atomic mass is 127. The Labute approximate surface area is 157 Å². The lowest BCUT2D eigenvalue weighted by Crippen LogP contribution is -2.41. The molecule has 0 aliphatic carbocycles. The van der Waals surface area contributed by atoms with E-state index >= 15 is 0 Å². The zero-order valence-corrected chi connectivity index (χ0v) is 16.0. The summed E-state index contributed by atoms with van der Waals surface area (Å²) in [6, 6.07) is 6.53. The Morgan fingerprint density at radius 3 is 2.50 bits per heavy atom. The Bertz CT molecular complexity index is 530. The van der Waals surface area contributed by atoms with Crippen LogP contribution in [0, 0.1) is 0 Å². The molecular weight excluding hydrogens is 433 g/mol. The molecule has 0 spiro atoms. The van der Waals surface area contributed by atoms with Gasteiger partial charge in [0.25, 0.3) is 0 Å². The van der Waals surface area contributed by atoms with Crippen LogP contribution in [-0.4, -0.2) is 38.1 Å². The maximum Gasteiger partial charge on any atom is 0.387 e. The van der Waals surface area contributed by atoms with Gasteiger partial charge in [0.15, 0.2) is 5.96 Å². The van der Waals surface area contributed by atoms with Gasteiger partial charge in [-0.05, 0) is 13.0 Å². The minimum atomic E-state index is -2.87. The molecule has 24 heavy (non-hydrogen) atoms. The first-order valence-electron chi connectivity index (χ1n) is 7.32. The molecule has 0 saturated heterocycles. The summed E-state index contributed by atoms with van der Waals surface area (Å²) in [4.78, 5) is 15.1. The van der Waals surface area contributed by atoms with Crippen LogP contribution in [0.25, 0.3) is 0 Å². The molecule has 0 radical (unpaired) electrons. The largest absolute Gasteiger partial charge is 0.434 e. The third kappa shape index (κ3) is 9.48. The van der Waals surface area contributed by atoms with Crippen LogP contribution < -0.4 is 20.7 Å². The smallest absolute Gasteiger partial charge is 0.387 e. The molecule has 0 heterocycles. The van der Waals surface area contributed by atoms with Crippen molar-refractivity contribution in [2.75, 3.05) is 19.6 Å². The van der Waals surface area contributed by atoms with E-state index in [9.17, 15) is 13.6 Å². The van der Waals surface area contributed by atoms with Crippen LogP contribution in [0.15, 0.2) is 29.3 Å². The molecule has 3 N–H and O–H groups in total. The predicted molar refractivity (Wildman–Crippen MR) is 100.0 cm³/mol. The topological polar surface area (TPSA) is 74.8 Å². The number of guanidine groups is 1. The van der Waals surface area contributed by atoms with Crippen molar-refractivity contribution in [2.24, 2.45) is 4.99 Å². The van der Waals surface area contributed by atoms with Crippen molar-refractivity contribution in [1.82, 2.24) is 16.0 Å². The van der Waals surface area contributed by atoms with E-state index in [2.05, 4.69) is 25.7 Å². The van der Waals surface area contributed by atoms with Crippen LogP contribution in [0.1, 0.15) is 19.4 Å². The molecule has 0 atom stereocenters. The number of amides is 1. The number of ether oxygens (including phenoxy) is 1. The Balaban J connectivity index is 0.00000529. The number of alkyl halides is 2. The maximum atomic E-state index is 12.4. The molecule has 1 rings (SSSR count). The fourth-order valence-corrected chi connectivity index (χ4v) is 1.77. The van der Waals surface area contributed by atoms with Gasteiger partial charge in [0.2, 0.25) is 5.91 Å². The van der Waals surface area contributed by atoms with Crippen LogP contribution in [0.5, 0.6) is 5.75 Å². The predicted octanol–water partition coefficient (Wildman–Crippen LogP) is 2.10. The molecular formula is C15H23F2IN4O2. The molecule has 9 heteroatoms. The van der Waals surface area contributed by atoms with Gasteiger partial charge in [-0.25, -0.2) is 4.99 Å². The first-order valence-corrected chi connectivity index (χ1v) is 7.32. The summed E-state index contributed by atoms with van der Waals surface area (Å²) >= 11 is 0. The lowest BCUT2D eigenvalue weighted by molar-refractivity contribution is -0.118. The quantitative estimate of drug-likeness (QED) is 0.243. The van der Waals surface area contributed by atoms with Gasteiger partial charge >= 0.3 is 6.61 Å². The summed E-state index contributed by atoms with van der Waals surface area (Å²) < 4.78 is 29.2. The van der Waals surface area contributed by atoms with Gasteiger partial charge in [-0.15, -0.1) is 24.0 Å². The van der Waals surface area contributed by atoms with E-state index in [0.29, 0.717) is 31.2 Å². The van der Waals surface area contributed by atoms with Crippen LogP contribution in [-0.2, 0) is 11.3 Å². The molecule has 0 fully saturated rings. The van der Waals surface area contributed by atoms with Crippen molar-refractivity contribution in [3.63, 3.8) is 0 Å². The third-order valence-corrected chi connectivity index (χ3v) is 2.73. The minimum absolute atomic E-state index is 0. The van der Waals surface area contributed by atoms with E-state index in [0.717, 1.165) is 0 Å². The lowest BCUT2D eigenvalue weighted by Gasteiger charge is -2.12. The second kappa shape index (κ2) is 12.7. The first kappa shape index (κ1) is 22.4. The Morgan fingerprint density at radius 1 is 1.21 bits per heavy atom. The highest BCUT2D eigenvalue weighted by molar-refractivity contribution is 14.0. The number of rotatable bonds is 8. The fourth-order valence-electron chi connectivity index (χ4n) is 1.77. The second-order valence-corrected chi connectivity index (χ2v) is 4.59. The van der Waals surface area contributed by atoms with Crippen LogP contribution in [0.2, 0.25) is 0 Å². The van der Waals surface area contributed by atoms with Gasteiger partial charge in [0.05, 0.1) is 6.54 Å². The summed E-state index contributed by atoms with van der Waals surface area (Å²) in [5.74, 6) is 0.539. The highest BCUT2D eigenvalue weighted by Gasteiger charge is 2.08. The van der Waals surface area contributed by atoms with Crippen LogP contribution in [0.4, 0.5) is 8.78 Å². The standard InChI is InChI=1S/C15H22F2N4O2.HI/c1-3-18-15(20-9-8-19-11(2)22)21-10-12-6-4-5-7-13(12)23-14(16)17;/h4-7,14H,3,8-10H2,1-2H3,(H,19,22)(H2,18,20,21);1H. The van der Waals surface area contributed by atoms with Gasteiger partial charge in [-0.1, -0.05) is 18.2 Å². The molecule has 0 saturated carbocycles. The third-order valence-electron chi connectivity index (χ3n) is 2.73. The first-order chi connectivity index (χ1) is 11.0.